The summed E-state index contributed by atoms with van der Waals surface area (Å²) in [7, 11) is 0. The Morgan fingerprint density at radius 3 is 2.18 bits per heavy atom. The van der Waals surface area contributed by atoms with E-state index < -0.39 is 11.9 Å². The molecule has 1 aromatic carbocycles. The van der Waals surface area contributed by atoms with Gasteiger partial charge < -0.3 is 9.84 Å². The molecule has 1 rings (SSSR count). The largest absolute Gasteiger partial charge is 0.478 e. The van der Waals surface area contributed by atoms with Gasteiger partial charge in [0, 0.05) is 0 Å². The minimum atomic E-state index is -1.12. The van der Waals surface area contributed by atoms with Gasteiger partial charge in [0.05, 0.1) is 11.1 Å². The smallest absolute Gasteiger partial charge is 0.339 e. The number of hydrogen-bond acceptors (Lipinski definition) is 3. The van der Waals surface area contributed by atoms with E-state index in [1.807, 2.05) is 13.8 Å². The number of hydrogen-bond donors (Lipinski definition) is 1. The van der Waals surface area contributed by atoms with Crippen LogP contribution in [0.15, 0.2) is 24.3 Å². The lowest BCUT2D eigenvalue weighted by atomic mass is 10.1. The first-order valence-electron chi connectivity index (χ1n) is 5.63. The van der Waals surface area contributed by atoms with E-state index in [1.165, 1.54) is 12.1 Å². The van der Waals surface area contributed by atoms with Crippen LogP contribution in [-0.2, 0) is 4.74 Å². The highest BCUT2D eigenvalue weighted by atomic mass is 16.5. The van der Waals surface area contributed by atoms with Crippen molar-refractivity contribution in [2.75, 3.05) is 0 Å². The predicted molar refractivity (Wildman–Crippen MR) is 63.2 cm³/mol. The molecule has 0 spiro atoms. The molecule has 0 atom stereocenters. The molecule has 17 heavy (non-hydrogen) atoms. The molecule has 0 radical (unpaired) electrons. The number of carbonyl (C=O) groups excluding carboxylic acids is 1. The molecule has 0 saturated carbocycles. The number of benzene rings is 1. The van der Waals surface area contributed by atoms with Crippen molar-refractivity contribution >= 4 is 11.9 Å². The molecular weight excluding hydrogens is 220 g/mol. The first-order valence-corrected chi connectivity index (χ1v) is 5.63. The average Bonchev–Trinajstić information content (AvgIpc) is 2.35. The summed E-state index contributed by atoms with van der Waals surface area (Å²) < 4.78 is 5.22. The second-order valence-electron chi connectivity index (χ2n) is 3.69. The highest BCUT2D eigenvalue weighted by Gasteiger charge is 2.19. The van der Waals surface area contributed by atoms with E-state index in [0.717, 1.165) is 12.8 Å². The third-order valence-electron chi connectivity index (χ3n) is 2.56. The minimum absolute atomic E-state index is 0.0246. The van der Waals surface area contributed by atoms with Crippen LogP contribution >= 0.6 is 0 Å². The van der Waals surface area contributed by atoms with Crippen molar-refractivity contribution in [3.63, 3.8) is 0 Å². The summed E-state index contributed by atoms with van der Waals surface area (Å²) in [4.78, 5) is 22.8. The number of rotatable bonds is 5. The molecule has 0 aromatic heterocycles. The topological polar surface area (TPSA) is 63.6 Å². The molecular formula is C13H16O4. The molecule has 0 heterocycles. The van der Waals surface area contributed by atoms with Gasteiger partial charge in [0.25, 0.3) is 0 Å². The maximum atomic E-state index is 11.8. The van der Waals surface area contributed by atoms with Gasteiger partial charge in [-0.25, -0.2) is 9.59 Å². The fraction of sp³-hybridized carbons (Fsp3) is 0.385. The van der Waals surface area contributed by atoms with Crippen LogP contribution in [0.4, 0.5) is 0 Å². The zero-order valence-corrected chi connectivity index (χ0v) is 9.97. The molecule has 1 N–H and O–H groups in total. The van der Waals surface area contributed by atoms with Crippen molar-refractivity contribution in [1.29, 1.82) is 0 Å². The monoisotopic (exact) mass is 236 g/mol. The molecule has 0 bridgehead atoms. The second-order valence-corrected chi connectivity index (χ2v) is 3.69. The Balaban J connectivity index is 2.92. The third-order valence-corrected chi connectivity index (χ3v) is 2.56. The highest BCUT2D eigenvalue weighted by molar-refractivity contribution is 6.02. The lowest BCUT2D eigenvalue weighted by Gasteiger charge is -2.14. The maximum Gasteiger partial charge on any atom is 0.339 e. The Bertz CT molecular complexity index is 408. The molecule has 92 valence electrons. The van der Waals surface area contributed by atoms with Crippen molar-refractivity contribution in [3.05, 3.63) is 35.4 Å². The Morgan fingerprint density at radius 1 is 1.18 bits per heavy atom. The van der Waals surface area contributed by atoms with Gasteiger partial charge >= 0.3 is 11.9 Å². The number of ether oxygens (including phenoxy) is 1. The van der Waals surface area contributed by atoms with Crippen molar-refractivity contribution in [2.24, 2.45) is 0 Å². The summed E-state index contributed by atoms with van der Waals surface area (Å²) >= 11 is 0. The highest BCUT2D eigenvalue weighted by Crippen LogP contribution is 2.13. The van der Waals surface area contributed by atoms with Gasteiger partial charge in [-0.1, -0.05) is 26.0 Å². The quantitative estimate of drug-likeness (QED) is 0.798. The summed E-state index contributed by atoms with van der Waals surface area (Å²) in [5.41, 5.74) is 0.0790. The normalized spacial score (nSPS) is 10.3. The van der Waals surface area contributed by atoms with E-state index >= 15 is 0 Å². The maximum absolute atomic E-state index is 11.8. The fourth-order valence-electron chi connectivity index (χ4n) is 1.52. The molecule has 0 unspecified atom stereocenters. The lowest BCUT2D eigenvalue weighted by Crippen LogP contribution is -2.18. The molecule has 4 nitrogen and oxygen atoms in total. The van der Waals surface area contributed by atoms with Gasteiger partial charge in [0.1, 0.15) is 6.10 Å². The Kier molecular flexibility index (Phi) is 4.69. The SMILES string of the molecule is CCC(CC)OC(=O)c1ccccc1C(=O)O. The summed E-state index contributed by atoms with van der Waals surface area (Å²) in [5.74, 6) is -1.70. The van der Waals surface area contributed by atoms with Gasteiger partial charge in [0.15, 0.2) is 0 Å². The van der Waals surface area contributed by atoms with Gasteiger partial charge in [-0.05, 0) is 25.0 Å². The first kappa shape index (κ1) is 13.2. The van der Waals surface area contributed by atoms with Crippen molar-refractivity contribution < 1.29 is 19.4 Å². The zero-order chi connectivity index (χ0) is 12.8. The van der Waals surface area contributed by atoms with Crippen LogP contribution < -0.4 is 0 Å². The molecule has 0 fully saturated rings. The van der Waals surface area contributed by atoms with Crippen LogP contribution in [0.1, 0.15) is 47.4 Å². The van der Waals surface area contributed by atoms with Gasteiger partial charge in [-0.3, -0.25) is 0 Å². The van der Waals surface area contributed by atoms with E-state index in [0.29, 0.717) is 0 Å². The first-order chi connectivity index (χ1) is 8.10. The lowest BCUT2D eigenvalue weighted by molar-refractivity contribution is 0.0279. The number of aromatic carboxylic acids is 1. The molecule has 0 aliphatic heterocycles. The standard InChI is InChI=1S/C13H16O4/c1-3-9(4-2)17-13(16)11-8-6-5-7-10(11)12(14)15/h5-9H,3-4H2,1-2H3,(H,14,15). The third kappa shape index (κ3) is 3.31. The van der Waals surface area contributed by atoms with Gasteiger partial charge in [-0.2, -0.15) is 0 Å². The summed E-state index contributed by atoms with van der Waals surface area (Å²) in [6.07, 6.45) is 1.28. The summed E-state index contributed by atoms with van der Waals surface area (Å²) in [6.45, 7) is 3.84. The molecule has 0 saturated heterocycles. The zero-order valence-electron chi connectivity index (χ0n) is 9.97. The number of carbonyl (C=O) groups is 2. The number of carboxylic acid groups (broad SMARTS) is 1. The molecule has 1 aromatic rings. The Labute approximate surface area is 100 Å². The van der Waals surface area contributed by atoms with E-state index in [1.54, 1.807) is 12.1 Å². The van der Waals surface area contributed by atoms with Crippen molar-refractivity contribution in [3.8, 4) is 0 Å². The fourth-order valence-corrected chi connectivity index (χ4v) is 1.52. The van der Waals surface area contributed by atoms with Crippen molar-refractivity contribution in [1.82, 2.24) is 0 Å². The van der Waals surface area contributed by atoms with Crippen molar-refractivity contribution in [2.45, 2.75) is 32.8 Å². The van der Waals surface area contributed by atoms with E-state index in [9.17, 15) is 9.59 Å². The Morgan fingerprint density at radius 2 is 1.71 bits per heavy atom. The number of esters is 1. The number of carboxylic acids is 1. The molecule has 0 aliphatic rings. The summed E-state index contributed by atoms with van der Waals surface area (Å²) in [6, 6.07) is 6.06. The van der Waals surface area contributed by atoms with Crippen LogP contribution in [0.25, 0.3) is 0 Å². The second kappa shape index (κ2) is 6.03. The summed E-state index contributed by atoms with van der Waals surface area (Å²) in [5, 5.41) is 8.96. The molecule has 4 heteroatoms. The van der Waals surface area contributed by atoms with E-state index in [2.05, 4.69) is 0 Å². The molecule has 0 amide bonds. The Hall–Kier alpha value is -1.84. The predicted octanol–water partition coefficient (Wildman–Crippen LogP) is 2.73. The van der Waals surface area contributed by atoms with Gasteiger partial charge in [-0.15, -0.1) is 0 Å². The van der Waals surface area contributed by atoms with Crippen LogP contribution in [0.5, 0.6) is 0 Å². The van der Waals surface area contributed by atoms with Gasteiger partial charge in [0.2, 0.25) is 0 Å². The van der Waals surface area contributed by atoms with Crippen LogP contribution in [0.2, 0.25) is 0 Å². The average molecular weight is 236 g/mol. The van der Waals surface area contributed by atoms with E-state index in [4.69, 9.17) is 9.84 Å². The van der Waals surface area contributed by atoms with Crippen LogP contribution in [0.3, 0.4) is 0 Å². The van der Waals surface area contributed by atoms with E-state index in [-0.39, 0.29) is 17.2 Å². The van der Waals surface area contributed by atoms with Crippen LogP contribution in [0, 0.1) is 0 Å². The van der Waals surface area contributed by atoms with Crippen LogP contribution in [-0.4, -0.2) is 23.1 Å². The minimum Gasteiger partial charge on any atom is -0.478 e. The molecule has 0 aliphatic carbocycles.